The van der Waals surface area contributed by atoms with Crippen LogP contribution in [0.1, 0.15) is 17.0 Å². The molecule has 0 radical (unpaired) electrons. The molecule has 4 aromatic rings. The van der Waals surface area contributed by atoms with Gasteiger partial charge in [0.1, 0.15) is 18.2 Å². The molecule has 0 aliphatic carbocycles. The van der Waals surface area contributed by atoms with E-state index in [4.69, 9.17) is 15.0 Å². The summed E-state index contributed by atoms with van der Waals surface area (Å²) in [6.07, 6.45) is 4.03. The van der Waals surface area contributed by atoms with E-state index >= 15 is 0 Å². The monoisotopic (exact) mass is 358 g/mol. The molecule has 0 spiro atoms. The van der Waals surface area contributed by atoms with Crippen molar-refractivity contribution in [1.29, 1.82) is 0 Å². The average molecular weight is 358 g/mol. The maximum Gasteiger partial charge on any atom is 0.170 e. The molecule has 0 atom stereocenters. The Morgan fingerprint density at radius 1 is 0.889 bits per heavy atom. The van der Waals surface area contributed by atoms with E-state index < -0.39 is 0 Å². The number of benzene rings is 1. The second-order valence-corrected chi connectivity index (χ2v) is 6.05. The Bertz CT molecular complexity index is 1030. The zero-order valence-corrected chi connectivity index (χ0v) is 14.6. The quantitative estimate of drug-likeness (QED) is 0.563. The summed E-state index contributed by atoms with van der Waals surface area (Å²) in [5, 5.41) is 4.14. The van der Waals surface area contributed by atoms with Crippen molar-refractivity contribution in [1.82, 2.24) is 15.1 Å². The molecule has 3 aromatic heterocycles. The third kappa shape index (κ3) is 4.12. The molecule has 2 N–H and O–H groups in total. The Labute approximate surface area is 156 Å². The molecule has 0 aliphatic rings. The van der Waals surface area contributed by atoms with Crippen molar-refractivity contribution in [3.8, 4) is 17.1 Å². The normalized spacial score (nSPS) is 10.7. The lowest BCUT2D eigenvalue weighted by Crippen LogP contribution is -1.98. The van der Waals surface area contributed by atoms with Gasteiger partial charge in [-0.25, -0.2) is 4.98 Å². The topological polar surface area (TPSA) is 87.1 Å². The van der Waals surface area contributed by atoms with Crippen molar-refractivity contribution in [2.45, 2.75) is 13.0 Å². The zero-order chi connectivity index (χ0) is 18.5. The fourth-order valence-corrected chi connectivity index (χ4v) is 2.74. The van der Waals surface area contributed by atoms with Gasteiger partial charge in [-0.3, -0.25) is 4.98 Å². The van der Waals surface area contributed by atoms with E-state index in [2.05, 4.69) is 15.1 Å². The fraction of sp³-hybridized carbons (Fsp3) is 0.0952. The number of nitrogens with zero attached hydrogens (tertiary/aromatic N) is 3. The van der Waals surface area contributed by atoms with Crippen molar-refractivity contribution < 1.29 is 9.26 Å². The van der Waals surface area contributed by atoms with E-state index in [9.17, 15) is 0 Å². The summed E-state index contributed by atoms with van der Waals surface area (Å²) in [6.45, 7) is 0.429. The molecule has 1 aromatic carbocycles. The van der Waals surface area contributed by atoms with E-state index in [1.165, 1.54) is 0 Å². The van der Waals surface area contributed by atoms with Crippen LogP contribution in [0.5, 0.6) is 5.75 Å². The lowest BCUT2D eigenvalue weighted by atomic mass is 10.1. The first-order valence-corrected chi connectivity index (χ1v) is 8.56. The van der Waals surface area contributed by atoms with Crippen molar-refractivity contribution >= 4 is 5.82 Å². The van der Waals surface area contributed by atoms with Crippen LogP contribution in [0.2, 0.25) is 0 Å². The van der Waals surface area contributed by atoms with Gasteiger partial charge < -0.3 is 15.0 Å². The van der Waals surface area contributed by atoms with Crippen LogP contribution >= 0.6 is 0 Å². The molecule has 0 amide bonds. The molecule has 0 saturated heterocycles. The van der Waals surface area contributed by atoms with Crippen LogP contribution in [0.15, 0.2) is 77.6 Å². The van der Waals surface area contributed by atoms with Crippen molar-refractivity contribution in [2.75, 3.05) is 5.73 Å². The largest absolute Gasteiger partial charge is 0.487 e. The van der Waals surface area contributed by atoms with Crippen LogP contribution < -0.4 is 10.5 Å². The Hall–Kier alpha value is -3.67. The Kier molecular flexibility index (Phi) is 4.78. The second kappa shape index (κ2) is 7.70. The van der Waals surface area contributed by atoms with Crippen molar-refractivity contribution in [3.05, 3.63) is 90.0 Å². The third-order valence-electron chi connectivity index (χ3n) is 4.06. The van der Waals surface area contributed by atoms with Crippen LogP contribution in [0.4, 0.5) is 5.82 Å². The minimum atomic E-state index is 0.421. The minimum absolute atomic E-state index is 0.421. The first-order chi connectivity index (χ1) is 13.3. The highest BCUT2D eigenvalue weighted by Gasteiger charge is 2.11. The molecular weight excluding hydrogens is 340 g/mol. The maximum atomic E-state index is 5.90. The third-order valence-corrected chi connectivity index (χ3v) is 4.06. The van der Waals surface area contributed by atoms with Gasteiger partial charge in [-0.15, -0.1) is 0 Å². The van der Waals surface area contributed by atoms with E-state index in [0.717, 1.165) is 28.3 Å². The summed E-state index contributed by atoms with van der Waals surface area (Å²) < 4.78 is 11.3. The highest BCUT2D eigenvalue weighted by Crippen LogP contribution is 2.25. The van der Waals surface area contributed by atoms with Crippen molar-refractivity contribution in [2.24, 2.45) is 0 Å². The SMILES string of the molecule is Nc1ncccc1-c1cc(Cc2cccc(OCc3ccccn3)c2)no1. The Morgan fingerprint density at radius 2 is 1.81 bits per heavy atom. The highest BCUT2D eigenvalue weighted by atomic mass is 16.5. The first kappa shape index (κ1) is 16.8. The van der Waals surface area contributed by atoms with Gasteiger partial charge in [-0.1, -0.05) is 23.4 Å². The molecule has 3 heterocycles. The molecule has 0 fully saturated rings. The zero-order valence-electron chi connectivity index (χ0n) is 14.6. The number of rotatable bonds is 6. The number of anilines is 1. The van der Waals surface area contributed by atoms with E-state index in [-0.39, 0.29) is 0 Å². The number of pyridine rings is 2. The summed E-state index contributed by atoms with van der Waals surface area (Å²) in [5.41, 5.74) is 9.41. The van der Waals surface area contributed by atoms with Crippen LogP contribution in [-0.4, -0.2) is 15.1 Å². The van der Waals surface area contributed by atoms with Crippen LogP contribution in [0.25, 0.3) is 11.3 Å². The van der Waals surface area contributed by atoms with Gasteiger partial charge in [-0.2, -0.15) is 0 Å². The van der Waals surface area contributed by atoms with E-state index in [1.807, 2.05) is 60.7 Å². The molecule has 6 nitrogen and oxygen atoms in total. The van der Waals surface area contributed by atoms with Crippen LogP contribution in [0.3, 0.4) is 0 Å². The van der Waals surface area contributed by atoms with Gasteiger partial charge in [-0.05, 0) is 42.0 Å². The smallest absolute Gasteiger partial charge is 0.170 e. The molecule has 134 valence electrons. The van der Waals surface area contributed by atoms with Gasteiger partial charge >= 0.3 is 0 Å². The molecule has 0 aliphatic heterocycles. The lowest BCUT2D eigenvalue weighted by molar-refractivity contribution is 0.301. The number of nitrogen functional groups attached to an aromatic ring is 1. The molecule has 0 bridgehead atoms. The standard InChI is InChI=1S/C21H18N4O2/c22-21-19(8-4-10-24-21)20-13-17(25-27-20)11-15-5-3-7-18(12-15)26-14-16-6-1-2-9-23-16/h1-10,12-13H,11,14H2,(H2,22,24). The fourth-order valence-electron chi connectivity index (χ4n) is 2.74. The summed E-state index contributed by atoms with van der Waals surface area (Å²) in [7, 11) is 0. The Balaban J connectivity index is 1.45. The second-order valence-electron chi connectivity index (χ2n) is 6.05. The first-order valence-electron chi connectivity index (χ1n) is 8.56. The molecular formula is C21H18N4O2. The highest BCUT2D eigenvalue weighted by molar-refractivity contribution is 5.69. The predicted octanol–water partition coefficient (Wildman–Crippen LogP) is 3.88. The van der Waals surface area contributed by atoms with Gasteiger partial charge in [0.2, 0.25) is 0 Å². The summed E-state index contributed by atoms with van der Waals surface area (Å²) >= 11 is 0. The molecule has 0 saturated carbocycles. The lowest BCUT2D eigenvalue weighted by Gasteiger charge is -2.07. The maximum absolute atomic E-state index is 5.90. The molecule has 4 rings (SSSR count). The van der Waals surface area contributed by atoms with E-state index in [0.29, 0.717) is 24.6 Å². The predicted molar refractivity (Wildman–Crippen MR) is 102 cm³/mol. The minimum Gasteiger partial charge on any atom is -0.487 e. The number of aromatic nitrogens is 3. The van der Waals surface area contributed by atoms with Gasteiger partial charge in [0, 0.05) is 24.9 Å². The Morgan fingerprint density at radius 3 is 2.67 bits per heavy atom. The van der Waals surface area contributed by atoms with Crippen LogP contribution in [0, 0.1) is 0 Å². The number of hydrogen-bond acceptors (Lipinski definition) is 6. The van der Waals surface area contributed by atoms with Crippen LogP contribution in [-0.2, 0) is 13.0 Å². The summed E-state index contributed by atoms with van der Waals surface area (Å²) in [6, 6.07) is 19.2. The summed E-state index contributed by atoms with van der Waals surface area (Å²) in [5.74, 6) is 1.82. The van der Waals surface area contributed by atoms with E-state index in [1.54, 1.807) is 12.4 Å². The van der Waals surface area contributed by atoms with Crippen molar-refractivity contribution in [3.63, 3.8) is 0 Å². The molecule has 27 heavy (non-hydrogen) atoms. The summed E-state index contributed by atoms with van der Waals surface area (Å²) in [4.78, 5) is 8.33. The van der Waals surface area contributed by atoms with Gasteiger partial charge in [0.25, 0.3) is 0 Å². The number of hydrogen-bond donors (Lipinski definition) is 1. The number of ether oxygens (including phenoxy) is 1. The number of nitrogens with two attached hydrogens (primary N) is 1. The van der Waals surface area contributed by atoms with Gasteiger partial charge in [0.15, 0.2) is 5.76 Å². The van der Waals surface area contributed by atoms with Gasteiger partial charge in [0.05, 0.1) is 17.0 Å². The molecule has 0 unspecified atom stereocenters. The average Bonchev–Trinajstić information content (AvgIpc) is 3.16. The molecule has 6 heteroatoms.